The summed E-state index contributed by atoms with van der Waals surface area (Å²) >= 11 is 1.45. The van der Waals surface area contributed by atoms with E-state index in [0.717, 1.165) is 34.4 Å². The summed E-state index contributed by atoms with van der Waals surface area (Å²) in [7, 11) is 0. The van der Waals surface area contributed by atoms with Crippen LogP contribution in [-0.4, -0.2) is 45.6 Å². The van der Waals surface area contributed by atoms with E-state index in [2.05, 4.69) is 10.4 Å². The summed E-state index contributed by atoms with van der Waals surface area (Å²) in [5.74, 6) is 0.187. The summed E-state index contributed by atoms with van der Waals surface area (Å²) in [5, 5.41) is 8.77. The normalized spacial score (nSPS) is 14.8. The molecule has 8 heteroatoms. The van der Waals surface area contributed by atoms with Crippen molar-refractivity contribution in [1.82, 2.24) is 20.0 Å². The molecule has 158 valence electrons. The van der Waals surface area contributed by atoms with Gasteiger partial charge in [-0.3, -0.25) is 9.59 Å². The number of fused-ring (bicyclic) bond motifs is 1. The van der Waals surface area contributed by atoms with Gasteiger partial charge in [0, 0.05) is 24.5 Å². The summed E-state index contributed by atoms with van der Waals surface area (Å²) in [6, 6.07) is 15.3. The van der Waals surface area contributed by atoms with Crippen molar-refractivity contribution in [2.24, 2.45) is 0 Å². The molecule has 31 heavy (non-hydrogen) atoms. The lowest BCUT2D eigenvalue weighted by Crippen LogP contribution is -2.46. The Morgan fingerprint density at radius 1 is 1.13 bits per heavy atom. The molecule has 1 aliphatic heterocycles. The van der Waals surface area contributed by atoms with E-state index in [9.17, 15) is 9.59 Å². The van der Waals surface area contributed by atoms with Gasteiger partial charge in [0.05, 0.1) is 22.5 Å². The maximum absolute atomic E-state index is 12.9. The number of carbonyl (C=O) groups excluding carboxylic acids is 2. The Kier molecular flexibility index (Phi) is 5.07. The van der Waals surface area contributed by atoms with Crippen molar-refractivity contribution >= 4 is 33.4 Å². The monoisotopic (exact) mass is 434 g/mol. The standard InChI is InChI=1S/C23H22N4O3S/c1-15-18-14-20(31-23(18)27(25-15)17-6-3-2-4-7-17)21(28)24-16-9-11-26(12-10-16)22(29)19-8-5-13-30-19/h2-8,13-14,16H,9-12H2,1H3,(H,24,28). The zero-order valence-electron chi connectivity index (χ0n) is 17.1. The second-order valence-corrected chi connectivity index (χ2v) is 8.71. The minimum Gasteiger partial charge on any atom is -0.459 e. The van der Waals surface area contributed by atoms with E-state index in [-0.39, 0.29) is 17.9 Å². The van der Waals surface area contributed by atoms with Crippen LogP contribution in [0.5, 0.6) is 0 Å². The summed E-state index contributed by atoms with van der Waals surface area (Å²) < 4.78 is 7.10. The number of para-hydroxylation sites is 1. The number of benzene rings is 1. The molecule has 0 aliphatic carbocycles. The number of hydrogen-bond donors (Lipinski definition) is 1. The Labute approximate surface area is 183 Å². The van der Waals surface area contributed by atoms with Crippen molar-refractivity contribution in [3.8, 4) is 5.69 Å². The summed E-state index contributed by atoms with van der Waals surface area (Å²) in [6.07, 6.45) is 2.95. The molecule has 4 aromatic rings. The predicted octanol–water partition coefficient (Wildman–Crippen LogP) is 4.02. The Morgan fingerprint density at radius 2 is 1.90 bits per heavy atom. The molecule has 3 aromatic heterocycles. The minimum absolute atomic E-state index is 0.0464. The molecule has 1 N–H and O–H groups in total. The number of piperidine rings is 1. The number of aryl methyl sites for hydroxylation is 1. The molecule has 1 saturated heterocycles. The fourth-order valence-electron chi connectivity index (χ4n) is 3.94. The largest absolute Gasteiger partial charge is 0.459 e. The van der Waals surface area contributed by atoms with Crippen molar-refractivity contribution < 1.29 is 14.0 Å². The van der Waals surface area contributed by atoms with Gasteiger partial charge in [0.1, 0.15) is 4.83 Å². The fraction of sp³-hybridized carbons (Fsp3) is 0.261. The predicted molar refractivity (Wildman–Crippen MR) is 119 cm³/mol. The number of hydrogen-bond acceptors (Lipinski definition) is 5. The zero-order chi connectivity index (χ0) is 21.4. The lowest BCUT2D eigenvalue weighted by molar-refractivity contribution is 0.0667. The third-order valence-corrected chi connectivity index (χ3v) is 6.73. The number of carbonyl (C=O) groups is 2. The summed E-state index contributed by atoms with van der Waals surface area (Å²) in [5.41, 5.74) is 1.88. The summed E-state index contributed by atoms with van der Waals surface area (Å²) in [6.45, 7) is 3.15. The molecule has 4 heterocycles. The molecular formula is C23H22N4O3S. The van der Waals surface area contributed by atoms with Crippen LogP contribution in [0.4, 0.5) is 0 Å². The van der Waals surface area contributed by atoms with E-state index < -0.39 is 0 Å². The van der Waals surface area contributed by atoms with Gasteiger partial charge in [-0.25, -0.2) is 4.68 Å². The van der Waals surface area contributed by atoms with Gasteiger partial charge >= 0.3 is 0 Å². The molecule has 0 unspecified atom stereocenters. The first kappa shape index (κ1) is 19.6. The van der Waals surface area contributed by atoms with Crippen LogP contribution in [0.3, 0.4) is 0 Å². The number of likely N-dealkylation sites (tertiary alicyclic amines) is 1. The first-order chi connectivity index (χ1) is 15.1. The number of furan rings is 1. The highest BCUT2D eigenvalue weighted by molar-refractivity contribution is 7.20. The molecule has 2 amide bonds. The van der Waals surface area contributed by atoms with Crippen molar-refractivity contribution in [3.05, 3.63) is 71.1 Å². The smallest absolute Gasteiger partial charge is 0.289 e. The van der Waals surface area contributed by atoms with Crippen LogP contribution in [0.1, 0.15) is 38.8 Å². The molecule has 1 aromatic carbocycles. The number of rotatable bonds is 4. The third-order valence-electron chi connectivity index (χ3n) is 5.62. The van der Waals surface area contributed by atoms with Gasteiger partial charge in [-0.15, -0.1) is 11.3 Å². The Balaban J connectivity index is 1.27. The molecule has 1 fully saturated rings. The van der Waals surface area contributed by atoms with E-state index >= 15 is 0 Å². The average molecular weight is 435 g/mol. The highest BCUT2D eigenvalue weighted by Gasteiger charge is 2.27. The van der Waals surface area contributed by atoms with E-state index in [0.29, 0.717) is 23.7 Å². The molecule has 0 atom stereocenters. The second kappa shape index (κ2) is 8.03. The topological polar surface area (TPSA) is 80.4 Å². The van der Waals surface area contributed by atoms with E-state index in [4.69, 9.17) is 4.42 Å². The summed E-state index contributed by atoms with van der Waals surface area (Å²) in [4.78, 5) is 28.7. The van der Waals surface area contributed by atoms with Crippen LogP contribution >= 0.6 is 11.3 Å². The number of nitrogens with zero attached hydrogens (tertiary/aromatic N) is 3. The van der Waals surface area contributed by atoms with E-state index in [1.807, 2.05) is 48.0 Å². The van der Waals surface area contributed by atoms with Crippen LogP contribution in [0.2, 0.25) is 0 Å². The van der Waals surface area contributed by atoms with Crippen molar-refractivity contribution in [3.63, 3.8) is 0 Å². The Hall–Kier alpha value is -3.39. The number of nitrogens with one attached hydrogen (secondary N) is 1. The molecule has 1 aliphatic rings. The van der Waals surface area contributed by atoms with Crippen LogP contribution in [0, 0.1) is 6.92 Å². The number of thiophene rings is 1. The van der Waals surface area contributed by atoms with Gasteiger partial charge in [0.2, 0.25) is 0 Å². The first-order valence-electron chi connectivity index (χ1n) is 10.3. The van der Waals surface area contributed by atoms with E-state index in [1.54, 1.807) is 17.0 Å². The van der Waals surface area contributed by atoms with Crippen LogP contribution in [-0.2, 0) is 0 Å². The second-order valence-electron chi connectivity index (χ2n) is 7.68. The van der Waals surface area contributed by atoms with E-state index in [1.165, 1.54) is 17.6 Å². The van der Waals surface area contributed by atoms with Gasteiger partial charge in [-0.05, 0) is 50.1 Å². The van der Waals surface area contributed by atoms with Gasteiger partial charge in [-0.2, -0.15) is 5.10 Å². The first-order valence-corrected chi connectivity index (χ1v) is 11.1. The minimum atomic E-state index is -0.0970. The van der Waals surface area contributed by atoms with Crippen molar-refractivity contribution in [2.45, 2.75) is 25.8 Å². The van der Waals surface area contributed by atoms with Crippen molar-refractivity contribution in [1.29, 1.82) is 0 Å². The average Bonchev–Trinajstić information content (AvgIpc) is 3.53. The molecule has 0 bridgehead atoms. The van der Waals surface area contributed by atoms with Gasteiger partial charge in [0.15, 0.2) is 5.76 Å². The Bertz CT molecular complexity index is 1220. The highest BCUT2D eigenvalue weighted by atomic mass is 32.1. The third kappa shape index (κ3) is 3.74. The van der Waals surface area contributed by atoms with Crippen molar-refractivity contribution in [2.75, 3.05) is 13.1 Å². The maximum atomic E-state index is 12.9. The number of aromatic nitrogens is 2. The lowest BCUT2D eigenvalue weighted by Gasteiger charge is -2.31. The fourth-order valence-corrected chi connectivity index (χ4v) is 5.03. The molecular weight excluding hydrogens is 412 g/mol. The van der Waals surface area contributed by atoms with Crippen LogP contribution < -0.4 is 5.32 Å². The zero-order valence-corrected chi connectivity index (χ0v) is 17.9. The molecule has 5 rings (SSSR count). The Morgan fingerprint density at radius 3 is 2.61 bits per heavy atom. The number of amides is 2. The van der Waals surface area contributed by atoms with Gasteiger partial charge in [0.25, 0.3) is 11.8 Å². The highest BCUT2D eigenvalue weighted by Crippen LogP contribution is 2.30. The maximum Gasteiger partial charge on any atom is 0.289 e. The SMILES string of the molecule is Cc1nn(-c2ccccc2)c2sc(C(=O)NC3CCN(C(=O)c4ccco4)CC3)cc12. The molecule has 0 saturated carbocycles. The van der Waals surface area contributed by atoms with Crippen LogP contribution in [0.25, 0.3) is 15.9 Å². The molecule has 0 radical (unpaired) electrons. The van der Waals surface area contributed by atoms with Gasteiger partial charge in [-0.1, -0.05) is 18.2 Å². The molecule has 0 spiro atoms. The molecule has 7 nitrogen and oxygen atoms in total. The lowest BCUT2D eigenvalue weighted by atomic mass is 10.0. The van der Waals surface area contributed by atoms with Crippen LogP contribution in [0.15, 0.2) is 59.2 Å². The van der Waals surface area contributed by atoms with Gasteiger partial charge < -0.3 is 14.6 Å². The quantitative estimate of drug-likeness (QED) is 0.526.